The number of thiazole rings is 1. The van der Waals surface area contributed by atoms with Crippen LogP contribution in [0.1, 0.15) is 42.2 Å². The predicted molar refractivity (Wildman–Crippen MR) is 72.8 cm³/mol. The SMILES string of the molecule is CNCc1sc(N(C)CC2CC2)nc1C1CC1. The summed E-state index contributed by atoms with van der Waals surface area (Å²) in [6, 6.07) is 0. The van der Waals surface area contributed by atoms with Crippen LogP contribution in [0, 0.1) is 5.92 Å². The van der Waals surface area contributed by atoms with Gasteiger partial charge in [0.25, 0.3) is 0 Å². The highest BCUT2D eigenvalue weighted by atomic mass is 32.1. The van der Waals surface area contributed by atoms with Crippen molar-refractivity contribution in [3.8, 4) is 0 Å². The van der Waals surface area contributed by atoms with Crippen LogP contribution in [0.15, 0.2) is 0 Å². The van der Waals surface area contributed by atoms with E-state index in [0.717, 1.165) is 18.4 Å². The summed E-state index contributed by atoms with van der Waals surface area (Å²) >= 11 is 1.88. The normalized spacial score (nSPS) is 19.6. The van der Waals surface area contributed by atoms with E-state index in [-0.39, 0.29) is 0 Å². The van der Waals surface area contributed by atoms with Crippen molar-refractivity contribution < 1.29 is 0 Å². The molecule has 3 rings (SSSR count). The minimum atomic E-state index is 0.762. The van der Waals surface area contributed by atoms with Crippen LogP contribution in [-0.4, -0.2) is 25.6 Å². The summed E-state index contributed by atoms with van der Waals surface area (Å²) in [6.45, 7) is 2.16. The topological polar surface area (TPSA) is 28.2 Å². The van der Waals surface area contributed by atoms with Gasteiger partial charge in [-0.25, -0.2) is 4.98 Å². The Bertz CT molecular complexity index is 393. The fourth-order valence-electron chi connectivity index (χ4n) is 2.24. The molecule has 2 aliphatic rings. The van der Waals surface area contributed by atoms with E-state index in [1.165, 1.54) is 47.9 Å². The third-order valence-corrected chi connectivity index (χ3v) is 4.76. The van der Waals surface area contributed by atoms with E-state index in [9.17, 15) is 0 Å². The summed E-state index contributed by atoms with van der Waals surface area (Å²) in [5.74, 6) is 1.69. The van der Waals surface area contributed by atoms with Crippen molar-refractivity contribution >= 4 is 16.5 Å². The van der Waals surface area contributed by atoms with Crippen LogP contribution in [-0.2, 0) is 6.54 Å². The first kappa shape index (κ1) is 11.5. The molecule has 0 atom stereocenters. The average Bonchev–Trinajstić information content (AvgIpc) is 3.21. The van der Waals surface area contributed by atoms with Gasteiger partial charge in [0.2, 0.25) is 0 Å². The first-order chi connectivity index (χ1) is 8.28. The number of hydrogen-bond acceptors (Lipinski definition) is 4. The lowest BCUT2D eigenvalue weighted by Gasteiger charge is -2.14. The van der Waals surface area contributed by atoms with E-state index in [4.69, 9.17) is 4.98 Å². The van der Waals surface area contributed by atoms with Crippen molar-refractivity contribution in [2.45, 2.75) is 38.1 Å². The van der Waals surface area contributed by atoms with E-state index in [1.807, 2.05) is 18.4 Å². The van der Waals surface area contributed by atoms with Crippen molar-refractivity contribution in [2.75, 3.05) is 25.5 Å². The van der Waals surface area contributed by atoms with Gasteiger partial charge in [0, 0.05) is 30.9 Å². The second-order valence-corrected chi connectivity index (χ2v) is 6.50. The lowest BCUT2D eigenvalue weighted by Crippen LogP contribution is -2.19. The molecule has 0 aliphatic heterocycles. The summed E-state index contributed by atoms with van der Waals surface area (Å²) in [4.78, 5) is 8.68. The van der Waals surface area contributed by atoms with Gasteiger partial charge in [-0.15, -0.1) is 11.3 Å². The number of rotatable bonds is 6. The highest BCUT2D eigenvalue weighted by Gasteiger charge is 2.30. The van der Waals surface area contributed by atoms with Crippen LogP contribution in [0.4, 0.5) is 5.13 Å². The van der Waals surface area contributed by atoms with E-state index >= 15 is 0 Å². The lowest BCUT2D eigenvalue weighted by atomic mass is 10.2. The van der Waals surface area contributed by atoms with Crippen LogP contribution >= 0.6 is 11.3 Å². The molecule has 0 saturated heterocycles. The number of anilines is 1. The van der Waals surface area contributed by atoms with Gasteiger partial charge in [-0.05, 0) is 38.6 Å². The van der Waals surface area contributed by atoms with Crippen LogP contribution in [0.3, 0.4) is 0 Å². The number of nitrogens with zero attached hydrogens (tertiary/aromatic N) is 2. The first-order valence-corrected chi connectivity index (χ1v) is 7.45. The molecule has 4 heteroatoms. The molecule has 0 aromatic carbocycles. The van der Waals surface area contributed by atoms with Crippen LogP contribution in [0.2, 0.25) is 0 Å². The predicted octanol–water partition coefficient (Wildman–Crippen LogP) is 2.59. The molecule has 0 spiro atoms. The molecule has 2 aliphatic carbocycles. The fraction of sp³-hybridized carbons (Fsp3) is 0.769. The third kappa shape index (κ3) is 2.63. The summed E-state index contributed by atoms with van der Waals surface area (Å²) in [6.07, 6.45) is 5.50. The maximum Gasteiger partial charge on any atom is 0.185 e. The molecule has 2 saturated carbocycles. The van der Waals surface area contributed by atoms with Crippen molar-refractivity contribution in [3.63, 3.8) is 0 Å². The molecule has 2 fully saturated rings. The van der Waals surface area contributed by atoms with Gasteiger partial charge in [0.15, 0.2) is 5.13 Å². The zero-order chi connectivity index (χ0) is 11.8. The smallest absolute Gasteiger partial charge is 0.185 e. The fourth-order valence-corrected chi connectivity index (χ4v) is 3.37. The maximum absolute atomic E-state index is 4.88. The summed E-state index contributed by atoms with van der Waals surface area (Å²) in [7, 11) is 4.21. The van der Waals surface area contributed by atoms with Gasteiger partial charge >= 0.3 is 0 Å². The minimum Gasteiger partial charge on any atom is -0.351 e. The summed E-state index contributed by atoms with van der Waals surface area (Å²) in [5.41, 5.74) is 1.38. The molecule has 1 N–H and O–H groups in total. The van der Waals surface area contributed by atoms with Crippen LogP contribution < -0.4 is 10.2 Å². The zero-order valence-corrected chi connectivity index (χ0v) is 11.5. The molecule has 3 nitrogen and oxygen atoms in total. The lowest BCUT2D eigenvalue weighted by molar-refractivity contribution is 0.780. The standard InChI is InChI=1S/C13H21N3S/c1-14-7-11-12(10-5-6-10)15-13(17-11)16(2)8-9-3-4-9/h9-10,14H,3-8H2,1-2H3. The van der Waals surface area contributed by atoms with Gasteiger partial charge in [0.1, 0.15) is 0 Å². The summed E-state index contributed by atoms with van der Waals surface area (Å²) < 4.78 is 0. The molecule has 0 unspecified atom stereocenters. The van der Waals surface area contributed by atoms with Crippen LogP contribution in [0.5, 0.6) is 0 Å². The average molecular weight is 251 g/mol. The van der Waals surface area contributed by atoms with Gasteiger partial charge < -0.3 is 10.2 Å². The Balaban J connectivity index is 1.76. The molecule has 17 heavy (non-hydrogen) atoms. The molecule has 0 amide bonds. The van der Waals surface area contributed by atoms with E-state index in [0.29, 0.717) is 0 Å². The molecule has 0 radical (unpaired) electrons. The van der Waals surface area contributed by atoms with Gasteiger partial charge in [-0.1, -0.05) is 0 Å². The van der Waals surface area contributed by atoms with Crippen molar-refractivity contribution in [1.82, 2.24) is 10.3 Å². The molecular formula is C13H21N3S. The first-order valence-electron chi connectivity index (χ1n) is 6.63. The Morgan fingerprint density at radius 3 is 2.71 bits per heavy atom. The largest absolute Gasteiger partial charge is 0.351 e. The molecular weight excluding hydrogens is 230 g/mol. The quantitative estimate of drug-likeness (QED) is 0.842. The van der Waals surface area contributed by atoms with Crippen LogP contribution in [0.25, 0.3) is 0 Å². The number of hydrogen-bond donors (Lipinski definition) is 1. The highest BCUT2D eigenvalue weighted by Crippen LogP contribution is 2.44. The molecule has 1 heterocycles. The number of nitrogens with one attached hydrogen (secondary N) is 1. The Kier molecular flexibility index (Phi) is 3.09. The molecule has 0 bridgehead atoms. The highest BCUT2D eigenvalue weighted by molar-refractivity contribution is 7.15. The second kappa shape index (κ2) is 4.58. The maximum atomic E-state index is 4.88. The Hall–Kier alpha value is -0.610. The van der Waals surface area contributed by atoms with Gasteiger partial charge in [0.05, 0.1) is 5.69 Å². The van der Waals surface area contributed by atoms with E-state index in [2.05, 4.69) is 17.3 Å². The minimum absolute atomic E-state index is 0.762. The monoisotopic (exact) mass is 251 g/mol. The van der Waals surface area contributed by atoms with Gasteiger partial charge in [-0.3, -0.25) is 0 Å². The van der Waals surface area contributed by atoms with Gasteiger partial charge in [-0.2, -0.15) is 0 Å². The van der Waals surface area contributed by atoms with Crippen molar-refractivity contribution in [1.29, 1.82) is 0 Å². The molecule has 94 valence electrons. The molecule has 1 aromatic rings. The number of aromatic nitrogens is 1. The molecule has 1 aromatic heterocycles. The van der Waals surface area contributed by atoms with Crippen molar-refractivity contribution in [3.05, 3.63) is 10.6 Å². The Labute approximate surface area is 107 Å². The Morgan fingerprint density at radius 2 is 2.12 bits per heavy atom. The third-order valence-electron chi connectivity index (χ3n) is 3.57. The summed E-state index contributed by atoms with van der Waals surface area (Å²) in [5, 5.41) is 4.49. The van der Waals surface area contributed by atoms with E-state index in [1.54, 1.807) is 0 Å². The van der Waals surface area contributed by atoms with E-state index < -0.39 is 0 Å². The Morgan fingerprint density at radius 1 is 1.35 bits per heavy atom. The zero-order valence-electron chi connectivity index (χ0n) is 10.7. The second-order valence-electron chi connectivity index (χ2n) is 5.43. The van der Waals surface area contributed by atoms with Crippen molar-refractivity contribution in [2.24, 2.45) is 5.92 Å².